The van der Waals surface area contributed by atoms with Crippen molar-refractivity contribution in [2.24, 2.45) is 10.7 Å². The quantitative estimate of drug-likeness (QED) is 0.415. The van der Waals surface area contributed by atoms with E-state index < -0.39 is 11.8 Å². The van der Waals surface area contributed by atoms with Crippen LogP contribution in [0, 0.1) is 0 Å². The molecule has 0 aliphatic carbocycles. The number of halogens is 1. The summed E-state index contributed by atoms with van der Waals surface area (Å²) in [5.41, 5.74) is 5.93. The lowest BCUT2D eigenvalue weighted by molar-refractivity contribution is -0.458. The van der Waals surface area contributed by atoms with Gasteiger partial charge in [0.1, 0.15) is 24.5 Å². The van der Waals surface area contributed by atoms with Crippen LogP contribution in [0.1, 0.15) is 5.56 Å². The number of carbonyl (C=O) groups is 1. The minimum atomic E-state index is -1.27. The first-order chi connectivity index (χ1) is 8.58. The van der Waals surface area contributed by atoms with Crippen molar-refractivity contribution in [3.8, 4) is 5.75 Å². The van der Waals surface area contributed by atoms with E-state index in [-0.39, 0.29) is 0 Å². The summed E-state index contributed by atoms with van der Waals surface area (Å²) in [6.07, 6.45) is 0. The van der Waals surface area contributed by atoms with E-state index in [0.29, 0.717) is 35.3 Å². The summed E-state index contributed by atoms with van der Waals surface area (Å²) < 4.78 is 5.48. The van der Waals surface area contributed by atoms with Crippen LogP contribution in [0.25, 0.3) is 0 Å². The normalized spacial score (nSPS) is 15.2. The van der Waals surface area contributed by atoms with Gasteiger partial charge in [0.15, 0.2) is 0 Å². The minimum absolute atomic E-state index is 0.360. The second-order valence-electron chi connectivity index (χ2n) is 3.57. The van der Waals surface area contributed by atoms with Gasteiger partial charge in [0.2, 0.25) is 0 Å². The molecule has 18 heavy (non-hydrogen) atoms. The van der Waals surface area contributed by atoms with Gasteiger partial charge in [-0.05, 0) is 23.2 Å². The number of aliphatic imine (C=N–C) groups is 1. The van der Waals surface area contributed by atoms with Gasteiger partial charge in [-0.3, -0.25) is 4.99 Å². The van der Waals surface area contributed by atoms with Gasteiger partial charge in [-0.1, -0.05) is 11.6 Å². The van der Waals surface area contributed by atoms with Crippen LogP contribution in [0.2, 0.25) is 5.02 Å². The first-order valence-electron chi connectivity index (χ1n) is 5.19. The fraction of sp³-hybridized carbons (Fsp3) is 0.182. The summed E-state index contributed by atoms with van der Waals surface area (Å²) in [6, 6.07) is 5.02. The number of amidine groups is 2. The molecule has 1 aromatic rings. The lowest BCUT2D eigenvalue weighted by Crippen LogP contribution is -2.73. The number of fused-ring (bicyclic) bond motifs is 1. The Bertz CT molecular complexity index is 554. The summed E-state index contributed by atoms with van der Waals surface area (Å²) in [6.45, 7) is 0.928. The molecule has 1 aliphatic heterocycles. The van der Waals surface area contributed by atoms with Gasteiger partial charge in [-0.2, -0.15) is 0 Å². The molecule has 1 heterocycles. The third-order valence-electron chi connectivity index (χ3n) is 2.30. The Morgan fingerprint density at radius 2 is 2.33 bits per heavy atom. The van der Waals surface area contributed by atoms with Crippen molar-refractivity contribution in [3.63, 3.8) is 0 Å². The Labute approximate surface area is 108 Å². The van der Waals surface area contributed by atoms with Crippen LogP contribution in [-0.4, -0.2) is 35.9 Å². The third-order valence-corrected chi connectivity index (χ3v) is 2.54. The number of nitrogens with zero attached hydrogens (tertiary/aromatic N) is 1. The molecule has 0 amide bonds. The maximum absolute atomic E-state index is 10.7. The molecular weight excluding hydrogens is 258 g/mol. The zero-order valence-electron chi connectivity index (χ0n) is 9.31. The smallest absolute Gasteiger partial charge is 0.398 e. The number of benzene rings is 1. The molecule has 1 aromatic carbocycles. The Morgan fingerprint density at radius 3 is 3.06 bits per heavy atom. The molecule has 0 fully saturated rings. The number of hydrogen-bond donors (Lipinski definition) is 3. The summed E-state index contributed by atoms with van der Waals surface area (Å²) in [7, 11) is 0. The van der Waals surface area contributed by atoms with E-state index in [9.17, 15) is 4.79 Å². The van der Waals surface area contributed by atoms with Gasteiger partial charge < -0.3 is 15.6 Å². The molecule has 0 saturated heterocycles. The number of ether oxygens (including phenoxy) is 1. The van der Waals surface area contributed by atoms with Gasteiger partial charge in [-0.15, -0.1) is 0 Å². The highest BCUT2D eigenvalue weighted by Crippen LogP contribution is 2.24. The van der Waals surface area contributed by atoms with Crippen molar-refractivity contribution in [2.75, 3.05) is 13.2 Å². The lowest BCUT2D eigenvalue weighted by atomic mass is 10.2. The lowest BCUT2D eigenvalue weighted by Gasteiger charge is -2.04. The molecule has 7 heteroatoms. The van der Waals surface area contributed by atoms with E-state index in [1.165, 1.54) is 0 Å². The molecule has 0 bridgehead atoms. The van der Waals surface area contributed by atoms with Crippen molar-refractivity contribution >= 4 is 29.2 Å². The molecule has 2 rings (SSSR count). The predicted molar refractivity (Wildman–Crippen MR) is 66.1 cm³/mol. The largest absolute Gasteiger partial charge is 0.489 e. The Balaban J connectivity index is 2.47. The van der Waals surface area contributed by atoms with Crippen LogP contribution in [0.5, 0.6) is 5.75 Å². The van der Waals surface area contributed by atoms with Gasteiger partial charge in [0.25, 0.3) is 0 Å². The number of hydrogen-bond acceptors (Lipinski definition) is 3. The zero-order chi connectivity index (χ0) is 13.1. The number of rotatable bonds is 0. The molecular formula is C11H11ClN3O3+. The van der Waals surface area contributed by atoms with E-state index in [1.54, 1.807) is 18.2 Å². The predicted octanol–water partition coefficient (Wildman–Crippen LogP) is -0.999. The molecule has 6 nitrogen and oxygen atoms in total. The minimum Gasteiger partial charge on any atom is -0.489 e. The molecule has 4 N–H and O–H groups in total. The molecule has 0 saturated carbocycles. The van der Waals surface area contributed by atoms with Crippen molar-refractivity contribution in [1.29, 1.82) is 0 Å². The van der Waals surface area contributed by atoms with Gasteiger partial charge in [-0.25, -0.2) is 4.79 Å². The molecule has 0 unspecified atom stereocenters. The molecule has 1 aliphatic rings. The summed E-state index contributed by atoms with van der Waals surface area (Å²) >= 11 is 5.87. The van der Waals surface area contributed by atoms with Gasteiger partial charge >= 0.3 is 17.6 Å². The third kappa shape index (κ3) is 2.60. The van der Waals surface area contributed by atoms with E-state index >= 15 is 0 Å². The summed E-state index contributed by atoms with van der Waals surface area (Å²) in [4.78, 5) is 17.5. The number of nitrogens with one attached hydrogen (secondary N) is 1. The average molecular weight is 269 g/mol. The van der Waals surface area contributed by atoms with E-state index in [0.717, 1.165) is 0 Å². The monoisotopic (exact) mass is 268 g/mol. The van der Waals surface area contributed by atoms with Crippen LogP contribution in [0.15, 0.2) is 23.2 Å². The van der Waals surface area contributed by atoms with Crippen LogP contribution in [0.3, 0.4) is 0 Å². The van der Waals surface area contributed by atoms with Crippen LogP contribution in [-0.2, 0) is 4.79 Å². The molecule has 94 valence electrons. The van der Waals surface area contributed by atoms with Gasteiger partial charge in [0.05, 0.1) is 0 Å². The van der Waals surface area contributed by atoms with Gasteiger partial charge in [0, 0.05) is 5.02 Å². The van der Waals surface area contributed by atoms with Crippen molar-refractivity contribution < 1.29 is 19.6 Å². The van der Waals surface area contributed by atoms with Crippen LogP contribution < -0.4 is 15.5 Å². The van der Waals surface area contributed by atoms with E-state index in [4.69, 9.17) is 27.2 Å². The highest BCUT2D eigenvalue weighted by Gasteiger charge is 2.22. The number of carboxylic acids is 1. The summed E-state index contributed by atoms with van der Waals surface area (Å²) in [5.74, 6) is -0.853. The Hall–Kier alpha value is -2.08. The second kappa shape index (κ2) is 5.05. The maximum atomic E-state index is 10.7. The first kappa shape index (κ1) is 12.4. The standard InChI is InChI=1S/C11H10ClN3O3/c12-6-1-2-7-8(5-6)18-4-3-14-10(7)15-9(13)11(16)17/h1-2,5H,3-4H2,(H,16,17)(H2,13,14,15)/p+1. The second-order valence-corrected chi connectivity index (χ2v) is 4.00. The average Bonchev–Trinajstić information content (AvgIpc) is 2.51. The Kier molecular flexibility index (Phi) is 3.47. The van der Waals surface area contributed by atoms with Crippen molar-refractivity contribution in [3.05, 3.63) is 28.8 Å². The van der Waals surface area contributed by atoms with Crippen molar-refractivity contribution in [2.45, 2.75) is 0 Å². The maximum Gasteiger partial charge on any atom is 0.398 e. The first-order valence-corrected chi connectivity index (χ1v) is 5.56. The fourth-order valence-electron chi connectivity index (χ4n) is 1.50. The number of carboxylic acid groups (broad SMARTS) is 1. The molecule has 0 spiro atoms. The Morgan fingerprint density at radius 1 is 1.56 bits per heavy atom. The van der Waals surface area contributed by atoms with Crippen LogP contribution in [0.4, 0.5) is 0 Å². The van der Waals surface area contributed by atoms with Crippen LogP contribution >= 0.6 is 11.6 Å². The number of aliphatic carboxylic acids is 1. The topological polar surface area (TPSA) is 98.9 Å². The highest BCUT2D eigenvalue weighted by atomic mass is 35.5. The van der Waals surface area contributed by atoms with Crippen molar-refractivity contribution in [1.82, 2.24) is 0 Å². The fourth-order valence-corrected chi connectivity index (χ4v) is 1.67. The van der Waals surface area contributed by atoms with E-state index in [1.807, 2.05) is 0 Å². The molecule has 0 atom stereocenters. The summed E-state index contributed by atoms with van der Waals surface area (Å²) in [5, 5.41) is 9.26. The van der Waals surface area contributed by atoms with E-state index in [2.05, 4.69) is 9.98 Å². The highest BCUT2D eigenvalue weighted by molar-refractivity contribution is 6.36. The zero-order valence-corrected chi connectivity index (χ0v) is 10.1. The molecule has 0 radical (unpaired) electrons. The SMILES string of the molecule is NC(=NC1=[NH+]CCOc2cc(Cl)ccc21)C(=O)O. The number of nitrogens with two attached hydrogens (primary N) is 1. The molecule has 0 aromatic heterocycles.